The number of Topliss-reactive ketones (excluding diaryl/α,β-unsaturated/α-hetero) is 2. The number of hydrogen-bond donors (Lipinski definition) is 0. The minimum absolute atomic E-state index is 0.202. The van der Waals surface area contributed by atoms with Gasteiger partial charge in [0, 0.05) is 30.4 Å². The van der Waals surface area contributed by atoms with E-state index in [9.17, 15) is 9.59 Å². The number of rotatable bonds is 4. The first kappa shape index (κ1) is 13.2. The van der Waals surface area contributed by atoms with E-state index in [4.69, 9.17) is 0 Å². The third-order valence-electron chi connectivity index (χ3n) is 3.33. The minimum Gasteiger partial charge on any atom is -0.294 e. The second-order valence-electron chi connectivity index (χ2n) is 4.75. The zero-order chi connectivity index (χ0) is 14.8. The van der Waals surface area contributed by atoms with Gasteiger partial charge in [0.2, 0.25) is 0 Å². The Morgan fingerprint density at radius 1 is 1.10 bits per heavy atom. The number of aromatic nitrogens is 3. The zero-order valence-electron chi connectivity index (χ0n) is 11.5. The predicted molar refractivity (Wildman–Crippen MR) is 78.2 cm³/mol. The molecule has 0 spiro atoms. The zero-order valence-corrected chi connectivity index (χ0v) is 11.5. The molecule has 104 valence electrons. The number of aryl methyl sites for hydroxylation is 1. The molecule has 0 amide bonds. The molecule has 0 saturated carbocycles. The lowest BCUT2D eigenvalue weighted by atomic mass is 10.0. The summed E-state index contributed by atoms with van der Waals surface area (Å²) in [6, 6.07) is 10.8. The van der Waals surface area contributed by atoms with Gasteiger partial charge < -0.3 is 0 Å². The average molecular weight is 279 g/mol. The van der Waals surface area contributed by atoms with E-state index in [1.807, 2.05) is 24.3 Å². The van der Waals surface area contributed by atoms with Crippen molar-refractivity contribution >= 4 is 22.5 Å². The van der Waals surface area contributed by atoms with Gasteiger partial charge in [0.1, 0.15) is 5.69 Å². The highest BCUT2D eigenvalue weighted by Crippen LogP contribution is 2.19. The van der Waals surface area contributed by atoms with Crippen LogP contribution in [0.25, 0.3) is 10.9 Å². The van der Waals surface area contributed by atoms with E-state index < -0.39 is 0 Å². The maximum Gasteiger partial charge on any atom is 0.191 e. The van der Waals surface area contributed by atoms with Crippen molar-refractivity contribution in [2.75, 3.05) is 0 Å². The molecule has 0 bridgehead atoms. The van der Waals surface area contributed by atoms with Crippen LogP contribution in [-0.2, 0) is 7.05 Å². The molecule has 0 fully saturated rings. The van der Waals surface area contributed by atoms with Gasteiger partial charge in [0.25, 0.3) is 0 Å². The Kier molecular flexibility index (Phi) is 3.31. The predicted octanol–water partition coefficient (Wildman–Crippen LogP) is 2.42. The standard InChI is InChI=1S/C16H13N3O2/c1-19-13-7-3-2-6-12(13)16(18-19)15(21)9-14(20)11-5-4-8-17-10-11/h2-8,10H,9H2,1H3. The molecule has 0 aliphatic heterocycles. The van der Waals surface area contributed by atoms with Gasteiger partial charge in [-0.25, -0.2) is 0 Å². The lowest BCUT2D eigenvalue weighted by Gasteiger charge is -1.99. The van der Waals surface area contributed by atoms with Crippen LogP contribution in [0.4, 0.5) is 0 Å². The van der Waals surface area contributed by atoms with Gasteiger partial charge in [0.15, 0.2) is 11.6 Å². The number of fused-ring (bicyclic) bond motifs is 1. The maximum absolute atomic E-state index is 12.3. The van der Waals surface area contributed by atoms with E-state index in [-0.39, 0.29) is 18.0 Å². The fourth-order valence-corrected chi connectivity index (χ4v) is 2.28. The average Bonchev–Trinajstić information content (AvgIpc) is 2.86. The number of benzene rings is 1. The highest BCUT2D eigenvalue weighted by molar-refractivity contribution is 6.16. The quantitative estimate of drug-likeness (QED) is 0.543. The molecule has 0 radical (unpaired) electrons. The Morgan fingerprint density at radius 3 is 2.67 bits per heavy atom. The first-order valence-corrected chi connectivity index (χ1v) is 6.55. The summed E-state index contributed by atoms with van der Waals surface area (Å²) in [5.41, 5.74) is 1.64. The monoisotopic (exact) mass is 279 g/mol. The van der Waals surface area contributed by atoms with E-state index in [0.29, 0.717) is 11.3 Å². The second kappa shape index (κ2) is 5.28. The number of para-hydroxylation sites is 1. The van der Waals surface area contributed by atoms with Gasteiger partial charge >= 0.3 is 0 Å². The van der Waals surface area contributed by atoms with E-state index >= 15 is 0 Å². The molecule has 0 saturated heterocycles. The highest BCUT2D eigenvalue weighted by atomic mass is 16.1. The van der Waals surface area contributed by atoms with E-state index in [0.717, 1.165) is 10.9 Å². The summed E-state index contributed by atoms with van der Waals surface area (Å²) in [7, 11) is 1.78. The molecule has 0 N–H and O–H groups in total. The van der Waals surface area contributed by atoms with E-state index in [2.05, 4.69) is 10.1 Å². The van der Waals surface area contributed by atoms with Crippen LogP contribution in [0.15, 0.2) is 48.8 Å². The molecule has 0 aliphatic rings. The Hall–Kier alpha value is -2.82. The summed E-state index contributed by atoms with van der Waals surface area (Å²) in [4.78, 5) is 28.3. The first-order valence-electron chi connectivity index (χ1n) is 6.55. The fourth-order valence-electron chi connectivity index (χ4n) is 2.28. The number of carbonyl (C=O) groups is 2. The minimum atomic E-state index is -0.277. The number of ketones is 2. The maximum atomic E-state index is 12.3. The smallest absolute Gasteiger partial charge is 0.191 e. The summed E-state index contributed by atoms with van der Waals surface area (Å²) in [6.07, 6.45) is 2.85. The van der Waals surface area contributed by atoms with Crippen molar-refractivity contribution in [2.45, 2.75) is 6.42 Å². The summed E-state index contributed by atoms with van der Waals surface area (Å²) in [5, 5.41) is 5.00. The Bertz CT molecular complexity index is 822. The van der Waals surface area contributed by atoms with Crippen LogP contribution in [0.3, 0.4) is 0 Å². The Labute approximate surface area is 121 Å². The highest BCUT2D eigenvalue weighted by Gasteiger charge is 2.19. The van der Waals surface area contributed by atoms with Crippen molar-refractivity contribution < 1.29 is 9.59 Å². The lowest BCUT2D eigenvalue weighted by molar-refractivity contribution is 0.0892. The lowest BCUT2D eigenvalue weighted by Crippen LogP contribution is -2.10. The molecule has 0 unspecified atom stereocenters. The van der Waals surface area contributed by atoms with Crippen LogP contribution >= 0.6 is 0 Å². The Morgan fingerprint density at radius 2 is 1.90 bits per heavy atom. The van der Waals surface area contributed by atoms with Crippen LogP contribution in [0, 0.1) is 0 Å². The molecular formula is C16H13N3O2. The molecule has 3 rings (SSSR count). The van der Waals surface area contributed by atoms with Gasteiger partial charge in [0.05, 0.1) is 11.9 Å². The van der Waals surface area contributed by atoms with Crippen molar-refractivity contribution in [1.82, 2.24) is 14.8 Å². The molecule has 21 heavy (non-hydrogen) atoms. The second-order valence-corrected chi connectivity index (χ2v) is 4.75. The van der Waals surface area contributed by atoms with Gasteiger partial charge in [-0.2, -0.15) is 5.10 Å². The SMILES string of the molecule is Cn1nc(C(=O)CC(=O)c2cccnc2)c2ccccc21. The third kappa shape index (κ3) is 2.45. The number of hydrogen-bond acceptors (Lipinski definition) is 4. The molecule has 2 aromatic heterocycles. The van der Waals surface area contributed by atoms with Crippen molar-refractivity contribution in [1.29, 1.82) is 0 Å². The summed E-state index contributed by atoms with van der Waals surface area (Å²) in [6.45, 7) is 0. The van der Waals surface area contributed by atoms with Crippen LogP contribution < -0.4 is 0 Å². The third-order valence-corrected chi connectivity index (χ3v) is 3.33. The number of carbonyl (C=O) groups excluding carboxylic acids is 2. The molecule has 1 aromatic carbocycles. The molecule has 2 heterocycles. The topological polar surface area (TPSA) is 64.8 Å². The normalized spacial score (nSPS) is 10.7. The van der Waals surface area contributed by atoms with Crippen molar-refractivity contribution in [2.24, 2.45) is 7.05 Å². The van der Waals surface area contributed by atoms with Crippen molar-refractivity contribution in [3.8, 4) is 0 Å². The van der Waals surface area contributed by atoms with E-state index in [1.54, 1.807) is 30.1 Å². The molecular weight excluding hydrogens is 266 g/mol. The Balaban J connectivity index is 1.90. The number of pyridine rings is 1. The van der Waals surface area contributed by atoms with E-state index in [1.165, 1.54) is 6.20 Å². The number of nitrogens with zero attached hydrogens (tertiary/aromatic N) is 3. The molecule has 5 heteroatoms. The largest absolute Gasteiger partial charge is 0.294 e. The summed E-state index contributed by atoms with van der Waals surface area (Å²) >= 11 is 0. The molecule has 0 atom stereocenters. The van der Waals surface area contributed by atoms with Crippen molar-refractivity contribution in [3.63, 3.8) is 0 Å². The van der Waals surface area contributed by atoms with Crippen LogP contribution in [0.2, 0.25) is 0 Å². The molecule has 5 nitrogen and oxygen atoms in total. The van der Waals surface area contributed by atoms with Crippen LogP contribution in [0.5, 0.6) is 0 Å². The summed E-state index contributed by atoms with van der Waals surface area (Å²) < 4.78 is 1.65. The van der Waals surface area contributed by atoms with Gasteiger partial charge in [-0.3, -0.25) is 19.3 Å². The molecule has 0 aliphatic carbocycles. The van der Waals surface area contributed by atoms with Crippen molar-refractivity contribution in [3.05, 3.63) is 60.0 Å². The van der Waals surface area contributed by atoms with Gasteiger partial charge in [-0.1, -0.05) is 18.2 Å². The van der Waals surface area contributed by atoms with Crippen LogP contribution in [-0.4, -0.2) is 26.3 Å². The fraction of sp³-hybridized carbons (Fsp3) is 0.125. The molecule has 3 aromatic rings. The summed E-state index contributed by atoms with van der Waals surface area (Å²) in [5.74, 6) is -0.525. The first-order chi connectivity index (χ1) is 10.2. The van der Waals surface area contributed by atoms with Crippen LogP contribution in [0.1, 0.15) is 27.3 Å². The van der Waals surface area contributed by atoms with Gasteiger partial charge in [-0.15, -0.1) is 0 Å². The van der Waals surface area contributed by atoms with Gasteiger partial charge in [-0.05, 0) is 18.2 Å².